The van der Waals surface area contributed by atoms with Crippen LogP contribution in [-0.4, -0.2) is 33.2 Å². The first kappa shape index (κ1) is 12.9. The van der Waals surface area contributed by atoms with Crippen LogP contribution in [0.4, 0.5) is 0 Å². The van der Waals surface area contributed by atoms with Crippen molar-refractivity contribution >= 4 is 17.8 Å². The molecule has 3 rings (SSSR count). The average Bonchev–Trinajstić information content (AvgIpc) is 2.48. The van der Waals surface area contributed by atoms with Crippen LogP contribution in [0.5, 0.6) is 11.5 Å². The molecule has 0 unspecified atom stereocenters. The van der Waals surface area contributed by atoms with Gasteiger partial charge in [0.2, 0.25) is 0 Å². The summed E-state index contributed by atoms with van der Waals surface area (Å²) in [5, 5.41) is 31.4. The van der Waals surface area contributed by atoms with Crippen LogP contribution in [-0.2, 0) is 0 Å². The van der Waals surface area contributed by atoms with Gasteiger partial charge in [0.1, 0.15) is 11.5 Å². The van der Waals surface area contributed by atoms with Crippen LogP contribution in [0, 0.1) is 0 Å². The second-order valence-corrected chi connectivity index (χ2v) is 4.53. The summed E-state index contributed by atoms with van der Waals surface area (Å²) in [7, 11) is 0. The Kier molecular flexibility index (Phi) is 2.72. The summed E-state index contributed by atoms with van der Waals surface area (Å²) >= 11 is 0. The fourth-order valence-corrected chi connectivity index (χ4v) is 2.44. The number of carbonyl (C=O) groups is 2. The van der Waals surface area contributed by atoms with E-state index in [1.807, 2.05) is 0 Å². The number of oxime groups is 1. The standard InChI is InChI=1S/C15H9NO5/c17-10-5-7(6-16-21)13(18)12-11(10)14(19)8-3-1-2-4-9(8)15(12)20/h1-6,17-18,21H/b16-6+. The molecule has 2 aromatic carbocycles. The number of ketones is 2. The lowest BCUT2D eigenvalue weighted by atomic mass is 9.82. The molecule has 0 atom stereocenters. The number of phenolic OH excluding ortho intramolecular Hbond substituents is 2. The molecule has 3 N–H and O–H groups in total. The number of nitrogens with zero attached hydrogens (tertiary/aromatic N) is 1. The molecule has 0 saturated heterocycles. The summed E-state index contributed by atoms with van der Waals surface area (Å²) < 4.78 is 0. The zero-order valence-corrected chi connectivity index (χ0v) is 10.6. The van der Waals surface area contributed by atoms with Crippen molar-refractivity contribution in [1.82, 2.24) is 0 Å². The number of phenols is 2. The van der Waals surface area contributed by atoms with Crippen molar-refractivity contribution in [3.05, 3.63) is 58.1 Å². The van der Waals surface area contributed by atoms with Crippen LogP contribution in [0.15, 0.2) is 35.5 Å². The third-order valence-electron chi connectivity index (χ3n) is 3.38. The fraction of sp³-hybridized carbons (Fsp3) is 0. The summed E-state index contributed by atoms with van der Waals surface area (Å²) in [5.41, 5.74) is -0.259. The molecule has 0 amide bonds. The predicted molar refractivity (Wildman–Crippen MR) is 72.5 cm³/mol. The van der Waals surface area contributed by atoms with Gasteiger partial charge in [-0.1, -0.05) is 29.4 Å². The molecule has 21 heavy (non-hydrogen) atoms. The molecule has 0 heterocycles. The van der Waals surface area contributed by atoms with Gasteiger partial charge in [-0.2, -0.15) is 0 Å². The summed E-state index contributed by atoms with van der Waals surface area (Å²) in [6, 6.07) is 7.23. The smallest absolute Gasteiger partial charge is 0.198 e. The topological polar surface area (TPSA) is 107 Å². The van der Waals surface area contributed by atoms with Gasteiger partial charge in [-0.15, -0.1) is 0 Å². The largest absolute Gasteiger partial charge is 0.507 e. The lowest BCUT2D eigenvalue weighted by Gasteiger charge is -2.20. The van der Waals surface area contributed by atoms with E-state index in [0.29, 0.717) is 0 Å². The van der Waals surface area contributed by atoms with Gasteiger partial charge in [-0.05, 0) is 6.07 Å². The zero-order chi connectivity index (χ0) is 15.1. The summed E-state index contributed by atoms with van der Waals surface area (Å²) in [5.74, 6) is -2.07. The van der Waals surface area contributed by atoms with Gasteiger partial charge in [0.15, 0.2) is 11.6 Å². The quantitative estimate of drug-likeness (QED) is 0.272. The highest BCUT2D eigenvalue weighted by Gasteiger charge is 2.35. The van der Waals surface area contributed by atoms with Crippen molar-refractivity contribution in [1.29, 1.82) is 0 Å². The maximum absolute atomic E-state index is 12.5. The minimum atomic E-state index is -0.568. The SMILES string of the molecule is O=C1c2ccccc2C(=O)c2c(O)c(/C=N/O)cc(O)c21. The Morgan fingerprint density at radius 3 is 2.10 bits per heavy atom. The molecule has 0 radical (unpaired) electrons. The maximum atomic E-state index is 12.5. The molecule has 6 heteroatoms. The van der Waals surface area contributed by atoms with Gasteiger partial charge in [-0.3, -0.25) is 9.59 Å². The first-order valence-corrected chi connectivity index (χ1v) is 6.01. The first-order valence-electron chi connectivity index (χ1n) is 6.01. The summed E-state index contributed by atoms with van der Waals surface area (Å²) in [4.78, 5) is 24.8. The number of hydrogen-bond acceptors (Lipinski definition) is 6. The highest BCUT2D eigenvalue weighted by atomic mass is 16.4. The van der Waals surface area contributed by atoms with Crippen molar-refractivity contribution in [3.63, 3.8) is 0 Å². The highest BCUT2D eigenvalue weighted by Crippen LogP contribution is 2.39. The van der Waals surface area contributed by atoms with Crippen LogP contribution in [0.25, 0.3) is 0 Å². The molecule has 1 aliphatic carbocycles. The summed E-state index contributed by atoms with van der Waals surface area (Å²) in [6.45, 7) is 0. The van der Waals surface area contributed by atoms with E-state index in [2.05, 4.69) is 5.16 Å². The monoisotopic (exact) mass is 283 g/mol. The number of hydrogen-bond donors (Lipinski definition) is 3. The Morgan fingerprint density at radius 2 is 1.52 bits per heavy atom. The van der Waals surface area contributed by atoms with E-state index in [4.69, 9.17) is 5.21 Å². The molecule has 0 aromatic heterocycles. The number of rotatable bonds is 1. The van der Waals surface area contributed by atoms with Crippen LogP contribution < -0.4 is 0 Å². The first-order chi connectivity index (χ1) is 10.1. The van der Waals surface area contributed by atoms with Gasteiger partial charge >= 0.3 is 0 Å². The van der Waals surface area contributed by atoms with E-state index in [1.165, 1.54) is 12.1 Å². The Balaban J connectivity index is 2.38. The lowest BCUT2D eigenvalue weighted by Crippen LogP contribution is -2.21. The molecule has 0 bridgehead atoms. The van der Waals surface area contributed by atoms with E-state index in [9.17, 15) is 19.8 Å². The van der Waals surface area contributed by atoms with E-state index in [-0.39, 0.29) is 27.8 Å². The third kappa shape index (κ3) is 1.69. The highest BCUT2D eigenvalue weighted by molar-refractivity contribution is 6.30. The Hall–Kier alpha value is -3.15. The van der Waals surface area contributed by atoms with Crippen LogP contribution in [0.3, 0.4) is 0 Å². The van der Waals surface area contributed by atoms with E-state index < -0.39 is 23.1 Å². The Labute approximate surface area is 118 Å². The van der Waals surface area contributed by atoms with Gasteiger partial charge in [0.25, 0.3) is 0 Å². The fourth-order valence-electron chi connectivity index (χ4n) is 2.44. The van der Waals surface area contributed by atoms with Crippen molar-refractivity contribution in [2.45, 2.75) is 0 Å². The van der Waals surface area contributed by atoms with E-state index >= 15 is 0 Å². The Morgan fingerprint density at radius 1 is 0.952 bits per heavy atom. The van der Waals surface area contributed by atoms with Gasteiger partial charge in [0.05, 0.1) is 17.3 Å². The van der Waals surface area contributed by atoms with E-state index in [1.54, 1.807) is 12.1 Å². The second-order valence-electron chi connectivity index (χ2n) is 4.53. The number of aromatic hydroxyl groups is 2. The van der Waals surface area contributed by atoms with Crippen molar-refractivity contribution in [3.8, 4) is 11.5 Å². The summed E-state index contributed by atoms with van der Waals surface area (Å²) in [6.07, 6.45) is 0.869. The van der Waals surface area contributed by atoms with Gasteiger partial charge in [-0.25, -0.2) is 0 Å². The van der Waals surface area contributed by atoms with Gasteiger partial charge < -0.3 is 15.4 Å². The molecule has 0 spiro atoms. The van der Waals surface area contributed by atoms with E-state index in [0.717, 1.165) is 12.3 Å². The maximum Gasteiger partial charge on any atom is 0.198 e. The molecule has 0 aliphatic heterocycles. The molecular formula is C15H9NO5. The van der Waals surface area contributed by atoms with Crippen LogP contribution >= 0.6 is 0 Å². The molecule has 0 saturated carbocycles. The molecule has 1 aliphatic rings. The Bertz CT molecular complexity index is 823. The van der Waals surface area contributed by atoms with Crippen molar-refractivity contribution in [2.24, 2.45) is 5.16 Å². The van der Waals surface area contributed by atoms with Gasteiger partial charge in [0, 0.05) is 16.7 Å². The normalized spacial score (nSPS) is 13.3. The molecular weight excluding hydrogens is 274 g/mol. The molecule has 2 aromatic rings. The number of benzene rings is 2. The zero-order valence-electron chi connectivity index (χ0n) is 10.6. The molecule has 6 nitrogen and oxygen atoms in total. The van der Waals surface area contributed by atoms with Crippen molar-refractivity contribution in [2.75, 3.05) is 0 Å². The molecule has 104 valence electrons. The predicted octanol–water partition coefficient (Wildman–Crippen LogP) is 1.68. The average molecular weight is 283 g/mol. The third-order valence-corrected chi connectivity index (χ3v) is 3.38. The minimum absolute atomic E-state index is 0.0609. The number of fused-ring (bicyclic) bond motifs is 2. The van der Waals surface area contributed by atoms with Crippen molar-refractivity contribution < 1.29 is 25.0 Å². The molecule has 0 fully saturated rings. The minimum Gasteiger partial charge on any atom is -0.507 e. The van der Waals surface area contributed by atoms with Crippen LogP contribution in [0.1, 0.15) is 37.4 Å². The van der Waals surface area contributed by atoms with Crippen LogP contribution in [0.2, 0.25) is 0 Å². The lowest BCUT2D eigenvalue weighted by molar-refractivity contribution is 0.0974. The second kappa shape index (κ2) is 4.45. The number of carbonyl (C=O) groups excluding carboxylic acids is 2.